The SMILES string of the molecule is CC.CC1CCC2(CC2)NC1=O. The molecule has 70 valence electrons. The fraction of sp³-hybridized carbons (Fsp3) is 0.900. The molecular weight excluding hydrogens is 150 g/mol. The van der Waals surface area contributed by atoms with Crippen molar-refractivity contribution in [1.29, 1.82) is 0 Å². The number of amides is 1. The van der Waals surface area contributed by atoms with E-state index in [4.69, 9.17) is 0 Å². The highest BCUT2D eigenvalue weighted by Gasteiger charge is 2.46. The lowest BCUT2D eigenvalue weighted by Crippen LogP contribution is -2.44. The molecule has 2 fully saturated rings. The molecule has 1 atom stereocenters. The van der Waals surface area contributed by atoms with Gasteiger partial charge in [0.1, 0.15) is 0 Å². The van der Waals surface area contributed by atoms with Gasteiger partial charge in [-0.2, -0.15) is 0 Å². The van der Waals surface area contributed by atoms with Crippen LogP contribution in [0.15, 0.2) is 0 Å². The summed E-state index contributed by atoms with van der Waals surface area (Å²) in [5.74, 6) is 0.523. The highest BCUT2D eigenvalue weighted by molar-refractivity contribution is 5.80. The van der Waals surface area contributed by atoms with Crippen molar-refractivity contribution in [2.45, 2.75) is 52.0 Å². The zero-order chi connectivity index (χ0) is 9.19. The molecule has 0 aromatic rings. The largest absolute Gasteiger partial charge is 0.350 e. The standard InChI is InChI=1S/C8H13NO.C2H6/c1-6-2-3-8(4-5-8)9-7(6)10;1-2/h6H,2-5H2,1H3,(H,9,10);1-2H3. The molecule has 1 N–H and O–H groups in total. The lowest BCUT2D eigenvalue weighted by atomic mass is 9.94. The van der Waals surface area contributed by atoms with E-state index in [1.165, 1.54) is 19.3 Å². The molecule has 1 saturated carbocycles. The summed E-state index contributed by atoms with van der Waals surface area (Å²) < 4.78 is 0. The van der Waals surface area contributed by atoms with Crippen molar-refractivity contribution in [3.63, 3.8) is 0 Å². The number of rotatable bonds is 0. The Balaban J connectivity index is 0.000000336. The molecule has 2 nitrogen and oxygen atoms in total. The van der Waals surface area contributed by atoms with E-state index in [1.807, 2.05) is 20.8 Å². The fourth-order valence-electron chi connectivity index (χ4n) is 1.60. The van der Waals surface area contributed by atoms with E-state index in [2.05, 4.69) is 5.32 Å². The number of carbonyl (C=O) groups is 1. The number of hydrogen-bond donors (Lipinski definition) is 1. The van der Waals surface area contributed by atoms with Crippen molar-refractivity contribution in [2.24, 2.45) is 5.92 Å². The van der Waals surface area contributed by atoms with Gasteiger partial charge in [-0.25, -0.2) is 0 Å². The van der Waals surface area contributed by atoms with Gasteiger partial charge in [-0.3, -0.25) is 4.79 Å². The van der Waals surface area contributed by atoms with E-state index >= 15 is 0 Å². The summed E-state index contributed by atoms with van der Waals surface area (Å²) in [5.41, 5.74) is 0.281. The second kappa shape index (κ2) is 3.46. The third kappa shape index (κ3) is 1.79. The Hall–Kier alpha value is -0.530. The molecule has 1 unspecified atom stereocenters. The molecule has 1 saturated heterocycles. The lowest BCUT2D eigenvalue weighted by molar-refractivity contribution is -0.127. The molecule has 0 aromatic heterocycles. The quantitative estimate of drug-likeness (QED) is 0.591. The Bertz CT molecular complexity index is 173. The van der Waals surface area contributed by atoms with E-state index in [-0.39, 0.29) is 17.4 Å². The van der Waals surface area contributed by atoms with E-state index < -0.39 is 0 Å². The maximum absolute atomic E-state index is 11.1. The first kappa shape index (κ1) is 9.56. The molecule has 1 spiro atoms. The van der Waals surface area contributed by atoms with Gasteiger partial charge in [0.15, 0.2) is 0 Å². The molecule has 0 radical (unpaired) electrons. The second-order valence-corrected chi connectivity index (χ2v) is 3.71. The Morgan fingerprint density at radius 1 is 1.33 bits per heavy atom. The van der Waals surface area contributed by atoms with E-state index in [9.17, 15) is 4.79 Å². The van der Waals surface area contributed by atoms with Crippen LogP contribution >= 0.6 is 0 Å². The van der Waals surface area contributed by atoms with Crippen LogP contribution in [0.5, 0.6) is 0 Å². The Kier molecular flexibility index (Phi) is 2.76. The van der Waals surface area contributed by atoms with E-state index in [1.54, 1.807) is 0 Å². The molecule has 1 amide bonds. The predicted octanol–water partition coefficient (Wildman–Crippen LogP) is 2.09. The molecule has 1 heterocycles. The predicted molar refractivity (Wildman–Crippen MR) is 49.9 cm³/mol. The van der Waals surface area contributed by atoms with Crippen molar-refractivity contribution in [1.82, 2.24) is 5.32 Å². The molecule has 0 aromatic carbocycles. The van der Waals surface area contributed by atoms with Gasteiger partial charge in [0.05, 0.1) is 0 Å². The average molecular weight is 169 g/mol. The Labute approximate surface area is 74.7 Å². The monoisotopic (exact) mass is 169 g/mol. The minimum absolute atomic E-state index is 0.256. The van der Waals surface area contributed by atoms with Gasteiger partial charge in [0.2, 0.25) is 5.91 Å². The summed E-state index contributed by atoms with van der Waals surface area (Å²) in [5, 5.41) is 3.08. The number of hydrogen-bond acceptors (Lipinski definition) is 1. The molecule has 2 aliphatic rings. The molecule has 12 heavy (non-hydrogen) atoms. The van der Waals surface area contributed by atoms with Crippen LogP contribution in [0.25, 0.3) is 0 Å². The lowest BCUT2D eigenvalue weighted by Gasteiger charge is -2.26. The molecule has 2 heteroatoms. The zero-order valence-electron chi connectivity index (χ0n) is 8.31. The Morgan fingerprint density at radius 2 is 1.92 bits per heavy atom. The molecule has 1 aliphatic carbocycles. The van der Waals surface area contributed by atoms with Gasteiger partial charge < -0.3 is 5.32 Å². The first-order valence-corrected chi connectivity index (χ1v) is 5.04. The van der Waals surface area contributed by atoms with Gasteiger partial charge in [-0.05, 0) is 25.7 Å². The molecule has 1 aliphatic heterocycles. The number of piperidine rings is 1. The van der Waals surface area contributed by atoms with Gasteiger partial charge in [0.25, 0.3) is 0 Å². The van der Waals surface area contributed by atoms with E-state index in [0.29, 0.717) is 0 Å². The normalized spacial score (nSPS) is 30.2. The maximum atomic E-state index is 11.1. The van der Waals surface area contributed by atoms with Crippen molar-refractivity contribution in [3.8, 4) is 0 Å². The minimum atomic E-state index is 0.256. The van der Waals surface area contributed by atoms with Crippen LogP contribution < -0.4 is 5.32 Å². The molecular formula is C10H19NO. The summed E-state index contributed by atoms with van der Waals surface area (Å²) in [6, 6.07) is 0. The van der Waals surface area contributed by atoms with Crippen LogP contribution in [0.3, 0.4) is 0 Å². The summed E-state index contributed by atoms with van der Waals surface area (Å²) >= 11 is 0. The van der Waals surface area contributed by atoms with Crippen molar-refractivity contribution < 1.29 is 4.79 Å². The summed E-state index contributed by atoms with van der Waals surface area (Å²) in [7, 11) is 0. The van der Waals surface area contributed by atoms with Crippen LogP contribution in [0, 0.1) is 5.92 Å². The van der Waals surface area contributed by atoms with Gasteiger partial charge >= 0.3 is 0 Å². The van der Waals surface area contributed by atoms with Crippen LogP contribution in [0.2, 0.25) is 0 Å². The topological polar surface area (TPSA) is 29.1 Å². The molecule has 0 bridgehead atoms. The maximum Gasteiger partial charge on any atom is 0.223 e. The van der Waals surface area contributed by atoms with Crippen LogP contribution in [0.4, 0.5) is 0 Å². The summed E-state index contributed by atoms with van der Waals surface area (Å²) in [6.07, 6.45) is 4.72. The van der Waals surface area contributed by atoms with E-state index in [0.717, 1.165) is 6.42 Å². The Morgan fingerprint density at radius 3 is 2.33 bits per heavy atom. The summed E-state index contributed by atoms with van der Waals surface area (Å²) in [6.45, 7) is 6.00. The first-order chi connectivity index (χ1) is 5.72. The second-order valence-electron chi connectivity index (χ2n) is 3.71. The third-order valence-corrected chi connectivity index (χ3v) is 2.75. The van der Waals surface area contributed by atoms with Crippen molar-refractivity contribution >= 4 is 5.91 Å². The summed E-state index contributed by atoms with van der Waals surface area (Å²) in [4.78, 5) is 11.1. The van der Waals surface area contributed by atoms with Crippen molar-refractivity contribution in [2.75, 3.05) is 0 Å². The van der Waals surface area contributed by atoms with Crippen LogP contribution in [-0.2, 0) is 4.79 Å². The number of nitrogens with one attached hydrogen (secondary N) is 1. The molecule has 2 rings (SSSR count). The van der Waals surface area contributed by atoms with Gasteiger partial charge in [-0.1, -0.05) is 20.8 Å². The van der Waals surface area contributed by atoms with Gasteiger partial charge in [-0.15, -0.1) is 0 Å². The van der Waals surface area contributed by atoms with Gasteiger partial charge in [0, 0.05) is 11.5 Å². The highest BCUT2D eigenvalue weighted by atomic mass is 16.2. The minimum Gasteiger partial charge on any atom is -0.350 e. The average Bonchev–Trinajstić information content (AvgIpc) is 2.83. The highest BCUT2D eigenvalue weighted by Crippen LogP contribution is 2.43. The van der Waals surface area contributed by atoms with Crippen LogP contribution in [-0.4, -0.2) is 11.4 Å². The van der Waals surface area contributed by atoms with Crippen LogP contribution in [0.1, 0.15) is 46.5 Å². The zero-order valence-corrected chi connectivity index (χ0v) is 8.31. The first-order valence-electron chi connectivity index (χ1n) is 5.04. The number of carbonyl (C=O) groups excluding carboxylic acids is 1. The van der Waals surface area contributed by atoms with Crippen molar-refractivity contribution in [3.05, 3.63) is 0 Å². The third-order valence-electron chi connectivity index (χ3n) is 2.75. The smallest absolute Gasteiger partial charge is 0.223 e. The fourth-order valence-corrected chi connectivity index (χ4v) is 1.60.